The van der Waals surface area contributed by atoms with Gasteiger partial charge in [0.25, 0.3) is 0 Å². The Morgan fingerprint density at radius 1 is 1.27 bits per heavy atom. The molecule has 0 heterocycles. The third-order valence-electron chi connectivity index (χ3n) is 2.31. The van der Waals surface area contributed by atoms with E-state index in [0.717, 1.165) is 23.9 Å². The molecule has 0 unspecified atom stereocenters. The van der Waals surface area contributed by atoms with Crippen LogP contribution in [-0.2, 0) is 6.42 Å². The number of phenols is 1. The fourth-order valence-electron chi connectivity index (χ4n) is 1.46. The van der Waals surface area contributed by atoms with E-state index in [9.17, 15) is 5.11 Å². The predicted molar refractivity (Wildman–Crippen MR) is 64.3 cm³/mol. The summed E-state index contributed by atoms with van der Waals surface area (Å²) >= 11 is 5.83. The van der Waals surface area contributed by atoms with Gasteiger partial charge in [-0.1, -0.05) is 17.7 Å². The van der Waals surface area contributed by atoms with E-state index in [1.54, 1.807) is 6.07 Å². The summed E-state index contributed by atoms with van der Waals surface area (Å²) in [7, 11) is 6.55. The van der Waals surface area contributed by atoms with E-state index in [4.69, 9.17) is 11.6 Å². The van der Waals surface area contributed by atoms with Gasteiger partial charge in [0, 0.05) is 6.42 Å². The number of aryl methyl sites for hydroxylation is 1. The second-order valence-electron chi connectivity index (χ2n) is 4.90. The summed E-state index contributed by atoms with van der Waals surface area (Å²) in [4.78, 5) is 0. The molecule has 0 bridgehead atoms. The summed E-state index contributed by atoms with van der Waals surface area (Å²) in [6, 6.07) is 5.42. The summed E-state index contributed by atoms with van der Waals surface area (Å²) in [5, 5.41) is 9.71. The van der Waals surface area contributed by atoms with Crippen molar-refractivity contribution in [2.45, 2.75) is 12.8 Å². The van der Waals surface area contributed by atoms with Crippen LogP contribution in [0.3, 0.4) is 0 Å². The normalized spacial score (nSPS) is 11.7. The van der Waals surface area contributed by atoms with E-state index < -0.39 is 0 Å². The quantitative estimate of drug-likeness (QED) is 0.786. The van der Waals surface area contributed by atoms with Gasteiger partial charge in [-0.2, -0.15) is 0 Å². The molecule has 1 N–H and O–H groups in total. The second-order valence-corrected chi connectivity index (χ2v) is 5.31. The van der Waals surface area contributed by atoms with Crippen LogP contribution in [0.25, 0.3) is 0 Å². The van der Waals surface area contributed by atoms with E-state index in [0.29, 0.717) is 5.02 Å². The standard InChI is InChI=1S/C12H18ClNO/c1-14(2,3)8-4-5-10-6-7-12(15)11(13)9-10/h6-7,9H,4-5,8H2,1-3H3/p+1. The average Bonchev–Trinajstić information content (AvgIpc) is 2.09. The molecule has 2 nitrogen and oxygen atoms in total. The Bertz CT molecular complexity index is 331. The fourth-order valence-corrected chi connectivity index (χ4v) is 1.67. The lowest BCUT2D eigenvalue weighted by atomic mass is 10.1. The summed E-state index contributed by atoms with van der Waals surface area (Å²) in [6.45, 7) is 1.14. The summed E-state index contributed by atoms with van der Waals surface area (Å²) < 4.78 is 0.978. The van der Waals surface area contributed by atoms with E-state index >= 15 is 0 Å². The first-order chi connectivity index (χ1) is 6.88. The highest BCUT2D eigenvalue weighted by Crippen LogP contribution is 2.24. The highest BCUT2D eigenvalue weighted by atomic mass is 35.5. The zero-order valence-corrected chi connectivity index (χ0v) is 10.4. The maximum Gasteiger partial charge on any atom is 0.134 e. The van der Waals surface area contributed by atoms with Crippen LogP contribution in [0.15, 0.2) is 18.2 Å². The molecule has 0 spiro atoms. The second kappa shape index (κ2) is 4.86. The van der Waals surface area contributed by atoms with Crippen molar-refractivity contribution >= 4 is 11.6 Å². The number of nitrogens with zero attached hydrogens (tertiary/aromatic N) is 1. The molecular weight excluding hydrogens is 210 g/mol. The Labute approximate surface area is 96.7 Å². The van der Waals surface area contributed by atoms with Gasteiger partial charge in [-0.3, -0.25) is 0 Å². The third kappa shape index (κ3) is 4.54. The number of rotatable bonds is 4. The molecule has 0 aliphatic rings. The highest BCUT2D eigenvalue weighted by Gasteiger charge is 2.06. The molecule has 0 aliphatic heterocycles. The monoisotopic (exact) mass is 228 g/mol. The van der Waals surface area contributed by atoms with Gasteiger partial charge in [-0.25, -0.2) is 0 Å². The molecular formula is C12H19ClNO+. The molecule has 1 aromatic rings. The van der Waals surface area contributed by atoms with Crippen LogP contribution in [-0.4, -0.2) is 37.3 Å². The highest BCUT2D eigenvalue weighted by molar-refractivity contribution is 6.32. The van der Waals surface area contributed by atoms with Crippen molar-refractivity contribution in [2.24, 2.45) is 0 Å². The largest absolute Gasteiger partial charge is 0.506 e. The van der Waals surface area contributed by atoms with Crippen molar-refractivity contribution in [1.82, 2.24) is 0 Å². The Kier molecular flexibility index (Phi) is 4.00. The van der Waals surface area contributed by atoms with Crippen molar-refractivity contribution < 1.29 is 9.59 Å². The number of hydrogen-bond donors (Lipinski definition) is 1. The molecule has 15 heavy (non-hydrogen) atoms. The van der Waals surface area contributed by atoms with Crippen molar-refractivity contribution in [3.63, 3.8) is 0 Å². The van der Waals surface area contributed by atoms with Crippen LogP contribution >= 0.6 is 11.6 Å². The van der Waals surface area contributed by atoms with Crippen molar-refractivity contribution in [1.29, 1.82) is 0 Å². The Balaban J connectivity index is 2.48. The Morgan fingerprint density at radius 2 is 1.93 bits per heavy atom. The third-order valence-corrected chi connectivity index (χ3v) is 2.61. The molecule has 0 atom stereocenters. The van der Waals surface area contributed by atoms with Crippen molar-refractivity contribution in [3.8, 4) is 5.75 Å². The molecule has 1 aromatic carbocycles. The van der Waals surface area contributed by atoms with Crippen LogP contribution in [0.2, 0.25) is 5.02 Å². The fraction of sp³-hybridized carbons (Fsp3) is 0.500. The van der Waals surface area contributed by atoms with Crippen LogP contribution < -0.4 is 0 Å². The van der Waals surface area contributed by atoms with E-state index in [2.05, 4.69) is 21.1 Å². The molecule has 0 saturated heterocycles. The van der Waals surface area contributed by atoms with Crippen LogP contribution in [0, 0.1) is 0 Å². The lowest BCUT2D eigenvalue weighted by molar-refractivity contribution is -0.870. The first kappa shape index (κ1) is 12.3. The summed E-state index contributed by atoms with van der Waals surface area (Å²) in [6.07, 6.45) is 2.14. The van der Waals surface area contributed by atoms with Gasteiger partial charge in [0.15, 0.2) is 0 Å². The van der Waals surface area contributed by atoms with Gasteiger partial charge in [-0.05, 0) is 24.1 Å². The van der Waals surface area contributed by atoms with Gasteiger partial charge in [0.2, 0.25) is 0 Å². The Morgan fingerprint density at radius 3 is 2.47 bits per heavy atom. The van der Waals surface area contributed by atoms with Gasteiger partial charge in [0.05, 0.1) is 32.7 Å². The number of halogens is 1. The maximum absolute atomic E-state index is 9.26. The molecule has 0 aliphatic carbocycles. The lowest BCUT2D eigenvalue weighted by Gasteiger charge is -2.23. The first-order valence-electron chi connectivity index (χ1n) is 5.16. The van der Waals surface area contributed by atoms with Crippen LogP contribution in [0.5, 0.6) is 5.75 Å². The minimum absolute atomic E-state index is 0.159. The van der Waals surface area contributed by atoms with Gasteiger partial charge in [-0.15, -0.1) is 0 Å². The number of aromatic hydroxyl groups is 1. The predicted octanol–water partition coefficient (Wildman–Crippen LogP) is 2.68. The Hall–Kier alpha value is -0.730. The lowest BCUT2D eigenvalue weighted by Crippen LogP contribution is -2.35. The van der Waals surface area contributed by atoms with Gasteiger partial charge < -0.3 is 9.59 Å². The van der Waals surface area contributed by atoms with E-state index in [1.807, 2.05) is 12.1 Å². The molecule has 0 saturated carbocycles. The zero-order valence-electron chi connectivity index (χ0n) is 9.63. The molecule has 0 aromatic heterocycles. The van der Waals surface area contributed by atoms with Crippen LogP contribution in [0.4, 0.5) is 0 Å². The van der Waals surface area contributed by atoms with E-state index in [1.165, 1.54) is 5.56 Å². The van der Waals surface area contributed by atoms with E-state index in [-0.39, 0.29) is 5.75 Å². The summed E-state index contributed by atoms with van der Waals surface area (Å²) in [5.41, 5.74) is 1.19. The first-order valence-corrected chi connectivity index (χ1v) is 5.54. The van der Waals surface area contributed by atoms with Crippen molar-refractivity contribution in [3.05, 3.63) is 28.8 Å². The number of phenolic OH excluding ortho intramolecular Hbond substituents is 1. The maximum atomic E-state index is 9.26. The SMILES string of the molecule is C[N+](C)(C)CCCc1ccc(O)c(Cl)c1. The minimum atomic E-state index is 0.159. The zero-order chi connectivity index (χ0) is 11.5. The molecule has 0 fully saturated rings. The molecule has 0 amide bonds. The van der Waals surface area contributed by atoms with Crippen molar-refractivity contribution in [2.75, 3.05) is 27.7 Å². The topological polar surface area (TPSA) is 20.2 Å². The average molecular weight is 229 g/mol. The number of hydrogen-bond acceptors (Lipinski definition) is 1. The summed E-state index contributed by atoms with van der Waals surface area (Å²) in [5.74, 6) is 0.159. The molecule has 3 heteroatoms. The number of benzene rings is 1. The number of quaternary nitrogens is 1. The van der Waals surface area contributed by atoms with Crippen LogP contribution in [0.1, 0.15) is 12.0 Å². The minimum Gasteiger partial charge on any atom is -0.506 e. The molecule has 1 rings (SSSR count). The molecule has 84 valence electrons. The smallest absolute Gasteiger partial charge is 0.134 e. The molecule has 0 radical (unpaired) electrons. The van der Waals surface area contributed by atoms with Gasteiger partial charge >= 0.3 is 0 Å². The van der Waals surface area contributed by atoms with Gasteiger partial charge in [0.1, 0.15) is 5.75 Å².